The van der Waals surface area contributed by atoms with Crippen molar-refractivity contribution < 1.29 is 4.74 Å². The van der Waals surface area contributed by atoms with E-state index >= 15 is 0 Å². The highest BCUT2D eigenvalue weighted by atomic mass is 32.1. The van der Waals surface area contributed by atoms with Crippen LogP contribution in [0.2, 0.25) is 0 Å². The Bertz CT molecular complexity index is 550. The number of nitrogens with zero attached hydrogens (tertiary/aromatic N) is 2. The van der Waals surface area contributed by atoms with E-state index in [9.17, 15) is 0 Å². The van der Waals surface area contributed by atoms with Crippen molar-refractivity contribution in [1.82, 2.24) is 15.6 Å². The number of thiazole rings is 1. The normalized spacial score (nSPS) is 22.0. The molecule has 0 spiro atoms. The number of guanidine groups is 1. The third-order valence-corrected chi connectivity index (χ3v) is 5.84. The molecule has 0 aromatic carbocycles. The van der Waals surface area contributed by atoms with Gasteiger partial charge in [0.1, 0.15) is 0 Å². The van der Waals surface area contributed by atoms with Gasteiger partial charge in [-0.25, -0.2) is 4.98 Å². The first-order chi connectivity index (χ1) is 11.9. The minimum absolute atomic E-state index is 0.172. The smallest absolute Gasteiger partial charge is 0.191 e. The van der Waals surface area contributed by atoms with E-state index in [0.29, 0.717) is 12.0 Å². The molecule has 6 heteroatoms. The number of hydrogen-bond donors (Lipinski definition) is 2. The monoisotopic (exact) mass is 366 g/mol. The summed E-state index contributed by atoms with van der Waals surface area (Å²) in [6, 6.07) is 0. The highest BCUT2D eigenvalue weighted by Crippen LogP contribution is 2.33. The predicted molar refractivity (Wildman–Crippen MR) is 106 cm³/mol. The predicted octanol–water partition coefficient (Wildman–Crippen LogP) is 3.25. The van der Waals surface area contributed by atoms with Crippen molar-refractivity contribution in [2.45, 2.75) is 59.5 Å². The van der Waals surface area contributed by atoms with Gasteiger partial charge < -0.3 is 15.4 Å². The molecule has 1 saturated heterocycles. The fraction of sp³-hybridized carbons (Fsp3) is 0.789. The average molecular weight is 367 g/mol. The van der Waals surface area contributed by atoms with Crippen LogP contribution in [-0.2, 0) is 17.6 Å². The van der Waals surface area contributed by atoms with Crippen LogP contribution >= 0.6 is 11.3 Å². The lowest BCUT2D eigenvalue weighted by Crippen LogP contribution is -2.47. The molecule has 2 unspecified atom stereocenters. The quantitative estimate of drug-likeness (QED) is 0.599. The summed E-state index contributed by atoms with van der Waals surface area (Å²) in [5.74, 6) is 1.39. The first-order valence-electron chi connectivity index (χ1n) is 9.43. The SMILES string of the molecule is CCc1cnc(CCNC(=NC)NCC2CCCOC2C(C)(C)C)s1. The second kappa shape index (κ2) is 9.53. The molecule has 1 aromatic rings. The van der Waals surface area contributed by atoms with Crippen molar-refractivity contribution in [2.75, 3.05) is 26.7 Å². The fourth-order valence-corrected chi connectivity index (χ4v) is 4.23. The van der Waals surface area contributed by atoms with Crippen molar-refractivity contribution in [3.05, 3.63) is 16.1 Å². The third kappa shape index (κ3) is 6.26. The van der Waals surface area contributed by atoms with Gasteiger partial charge >= 0.3 is 0 Å². The van der Waals surface area contributed by atoms with Gasteiger partial charge in [-0.1, -0.05) is 27.7 Å². The maximum absolute atomic E-state index is 6.07. The molecule has 1 aliphatic heterocycles. The Morgan fingerprint density at radius 2 is 2.20 bits per heavy atom. The number of aromatic nitrogens is 1. The Balaban J connectivity index is 1.77. The number of ether oxygens (including phenoxy) is 1. The second-order valence-corrected chi connectivity index (χ2v) is 8.96. The van der Waals surface area contributed by atoms with Gasteiger partial charge in [0.15, 0.2) is 5.96 Å². The van der Waals surface area contributed by atoms with E-state index < -0.39 is 0 Å². The van der Waals surface area contributed by atoms with Crippen LogP contribution in [0.15, 0.2) is 11.2 Å². The fourth-order valence-electron chi connectivity index (χ4n) is 3.37. The van der Waals surface area contributed by atoms with E-state index in [1.165, 1.54) is 16.3 Å². The summed E-state index contributed by atoms with van der Waals surface area (Å²) in [7, 11) is 1.83. The summed E-state index contributed by atoms with van der Waals surface area (Å²) in [6.45, 7) is 11.6. The molecule has 2 heterocycles. The molecule has 2 atom stereocenters. The van der Waals surface area contributed by atoms with Gasteiger partial charge in [0.05, 0.1) is 11.1 Å². The van der Waals surface area contributed by atoms with E-state index in [0.717, 1.165) is 44.9 Å². The highest BCUT2D eigenvalue weighted by molar-refractivity contribution is 7.11. The number of nitrogens with one attached hydrogen (secondary N) is 2. The summed E-state index contributed by atoms with van der Waals surface area (Å²) in [5.41, 5.74) is 0.172. The molecule has 0 saturated carbocycles. The van der Waals surface area contributed by atoms with Crippen LogP contribution in [0.1, 0.15) is 50.4 Å². The van der Waals surface area contributed by atoms with E-state index in [1.54, 1.807) is 11.3 Å². The zero-order valence-electron chi connectivity index (χ0n) is 16.4. The van der Waals surface area contributed by atoms with Gasteiger partial charge in [0.2, 0.25) is 0 Å². The highest BCUT2D eigenvalue weighted by Gasteiger charge is 2.35. The largest absolute Gasteiger partial charge is 0.377 e. The van der Waals surface area contributed by atoms with Gasteiger partial charge in [-0.2, -0.15) is 0 Å². The Kier molecular flexibility index (Phi) is 7.69. The van der Waals surface area contributed by atoms with Crippen molar-refractivity contribution in [3.8, 4) is 0 Å². The van der Waals surface area contributed by atoms with E-state index in [-0.39, 0.29) is 5.41 Å². The number of aryl methyl sites for hydroxylation is 1. The average Bonchev–Trinajstić information content (AvgIpc) is 3.05. The molecule has 1 aliphatic rings. The van der Waals surface area contributed by atoms with Crippen molar-refractivity contribution in [1.29, 1.82) is 0 Å². The molecule has 0 aliphatic carbocycles. The molecule has 2 N–H and O–H groups in total. The molecular formula is C19H34N4OS. The van der Waals surface area contributed by atoms with Crippen LogP contribution in [-0.4, -0.2) is 43.8 Å². The van der Waals surface area contributed by atoms with Crippen molar-refractivity contribution in [2.24, 2.45) is 16.3 Å². The molecular weight excluding hydrogens is 332 g/mol. The first kappa shape index (κ1) is 20.2. The summed E-state index contributed by atoms with van der Waals surface area (Å²) in [6.07, 6.45) is 6.65. The van der Waals surface area contributed by atoms with Crippen LogP contribution in [0.25, 0.3) is 0 Å². The maximum Gasteiger partial charge on any atom is 0.191 e. The van der Waals surface area contributed by atoms with Gasteiger partial charge in [-0.05, 0) is 24.7 Å². The topological polar surface area (TPSA) is 58.5 Å². The van der Waals surface area contributed by atoms with Crippen LogP contribution < -0.4 is 10.6 Å². The lowest BCUT2D eigenvalue weighted by molar-refractivity contribution is -0.0835. The Morgan fingerprint density at radius 3 is 2.84 bits per heavy atom. The molecule has 1 fully saturated rings. The molecule has 0 amide bonds. The van der Waals surface area contributed by atoms with Gasteiger partial charge in [-0.15, -0.1) is 11.3 Å². The maximum atomic E-state index is 6.07. The van der Waals surface area contributed by atoms with E-state index in [1.807, 2.05) is 13.2 Å². The zero-order chi connectivity index (χ0) is 18.3. The molecule has 2 rings (SSSR count). The molecule has 0 radical (unpaired) electrons. The van der Waals surface area contributed by atoms with Crippen molar-refractivity contribution >= 4 is 17.3 Å². The summed E-state index contributed by atoms with van der Waals surface area (Å²) >= 11 is 1.80. The summed E-state index contributed by atoms with van der Waals surface area (Å²) < 4.78 is 6.07. The minimum atomic E-state index is 0.172. The van der Waals surface area contributed by atoms with Gasteiger partial charge in [0.25, 0.3) is 0 Å². The lowest BCUT2D eigenvalue weighted by Gasteiger charge is -2.40. The standard InChI is InChI=1S/C19H34N4OS/c1-6-15-13-22-16(25-15)9-10-21-18(20-5)23-12-14-8-7-11-24-17(14)19(2,3)4/h13-14,17H,6-12H2,1-5H3,(H2,20,21,23). The molecule has 25 heavy (non-hydrogen) atoms. The van der Waals surface area contributed by atoms with Crippen molar-refractivity contribution in [3.63, 3.8) is 0 Å². The number of hydrogen-bond acceptors (Lipinski definition) is 4. The van der Waals surface area contributed by atoms with Gasteiger partial charge in [-0.3, -0.25) is 4.99 Å². The Labute approximate surface area is 156 Å². The van der Waals surface area contributed by atoms with Crippen LogP contribution in [0.4, 0.5) is 0 Å². The summed E-state index contributed by atoms with van der Waals surface area (Å²) in [4.78, 5) is 10.2. The molecule has 1 aromatic heterocycles. The molecule has 0 bridgehead atoms. The van der Waals surface area contributed by atoms with Crippen LogP contribution in [0.5, 0.6) is 0 Å². The minimum Gasteiger partial charge on any atom is -0.377 e. The Morgan fingerprint density at radius 1 is 1.40 bits per heavy atom. The zero-order valence-corrected chi connectivity index (χ0v) is 17.2. The second-order valence-electron chi connectivity index (χ2n) is 7.76. The number of aliphatic imine (C=N–C) groups is 1. The van der Waals surface area contributed by atoms with Crippen LogP contribution in [0, 0.1) is 11.3 Å². The Hall–Kier alpha value is -1.14. The third-order valence-electron chi connectivity index (χ3n) is 4.63. The van der Waals surface area contributed by atoms with Crippen LogP contribution in [0.3, 0.4) is 0 Å². The van der Waals surface area contributed by atoms with E-state index in [4.69, 9.17) is 4.74 Å². The lowest BCUT2D eigenvalue weighted by atomic mass is 9.78. The first-order valence-corrected chi connectivity index (χ1v) is 10.3. The number of rotatable bonds is 6. The molecule has 5 nitrogen and oxygen atoms in total. The van der Waals surface area contributed by atoms with E-state index in [2.05, 4.69) is 48.3 Å². The van der Waals surface area contributed by atoms with Gasteiger partial charge in [0, 0.05) is 50.2 Å². The molecule has 142 valence electrons. The summed E-state index contributed by atoms with van der Waals surface area (Å²) in [5, 5.41) is 8.08.